The molecule has 0 aromatic carbocycles. The van der Waals surface area contributed by atoms with Crippen LogP contribution in [-0.2, 0) is 4.74 Å². The monoisotopic (exact) mass is 186 g/mol. The lowest BCUT2D eigenvalue weighted by molar-refractivity contribution is -0.162. The highest BCUT2D eigenvalue weighted by molar-refractivity contribution is 4.94. The molecule has 0 atom stereocenters. The summed E-state index contributed by atoms with van der Waals surface area (Å²) in [5.74, 6) is 0. The molecule has 0 aromatic heterocycles. The van der Waals surface area contributed by atoms with Crippen molar-refractivity contribution in [1.82, 2.24) is 0 Å². The summed E-state index contributed by atoms with van der Waals surface area (Å²) >= 11 is 0. The van der Waals surface area contributed by atoms with Crippen LogP contribution in [0.3, 0.4) is 0 Å². The zero-order chi connectivity index (χ0) is 10.1. The molecule has 1 saturated carbocycles. The summed E-state index contributed by atoms with van der Waals surface area (Å²) in [4.78, 5) is 0. The SMILES string of the molecule is CC1(C)CCCC(C)(C)C1OCO. The maximum absolute atomic E-state index is 8.86. The van der Waals surface area contributed by atoms with Crippen molar-refractivity contribution in [2.45, 2.75) is 53.1 Å². The fraction of sp³-hybridized carbons (Fsp3) is 1.00. The van der Waals surface area contributed by atoms with E-state index in [0.29, 0.717) is 0 Å². The van der Waals surface area contributed by atoms with Crippen LogP contribution in [0, 0.1) is 10.8 Å². The summed E-state index contributed by atoms with van der Waals surface area (Å²) in [6.45, 7) is 8.77. The third kappa shape index (κ3) is 2.23. The van der Waals surface area contributed by atoms with Crippen LogP contribution in [0.5, 0.6) is 0 Å². The van der Waals surface area contributed by atoms with Crippen LogP contribution in [0.1, 0.15) is 47.0 Å². The fourth-order valence-corrected chi connectivity index (χ4v) is 2.85. The predicted molar refractivity (Wildman–Crippen MR) is 53.4 cm³/mol. The minimum absolute atomic E-state index is 0.155. The first-order chi connectivity index (χ1) is 5.90. The van der Waals surface area contributed by atoms with Crippen LogP contribution < -0.4 is 0 Å². The molecule has 0 heterocycles. The summed E-state index contributed by atoms with van der Waals surface area (Å²) in [6, 6.07) is 0. The highest BCUT2D eigenvalue weighted by Gasteiger charge is 2.44. The van der Waals surface area contributed by atoms with Gasteiger partial charge in [0.2, 0.25) is 0 Å². The molecule has 0 spiro atoms. The van der Waals surface area contributed by atoms with Crippen molar-refractivity contribution in [3.8, 4) is 0 Å². The molecule has 2 nitrogen and oxygen atoms in total. The average Bonchev–Trinajstić information content (AvgIpc) is 1.96. The first-order valence-corrected chi connectivity index (χ1v) is 5.13. The first kappa shape index (κ1) is 11.0. The molecule has 1 fully saturated rings. The number of rotatable bonds is 2. The molecule has 1 aliphatic carbocycles. The maximum atomic E-state index is 8.86. The first-order valence-electron chi connectivity index (χ1n) is 5.13. The normalized spacial score (nSPS) is 27.5. The van der Waals surface area contributed by atoms with E-state index in [0.717, 1.165) is 0 Å². The van der Waals surface area contributed by atoms with Crippen LogP contribution in [0.4, 0.5) is 0 Å². The van der Waals surface area contributed by atoms with Crippen molar-refractivity contribution in [2.24, 2.45) is 10.8 Å². The molecule has 0 unspecified atom stereocenters. The Balaban J connectivity index is 2.78. The maximum Gasteiger partial charge on any atom is 0.143 e. The Kier molecular flexibility index (Phi) is 3.03. The summed E-state index contributed by atoms with van der Waals surface area (Å²) in [7, 11) is 0. The number of hydrogen-bond donors (Lipinski definition) is 1. The molecule has 1 rings (SSSR count). The van der Waals surface area contributed by atoms with Gasteiger partial charge >= 0.3 is 0 Å². The van der Waals surface area contributed by atoms with Gasteiger partial charge in [0, 0.05) is 0 Å². The van der Waals surface area contributed by atoms with E-state index in [9.17, 15) is 0 Å². The van der Waals surface area contributed by atoms with Crippen LogP contribution in [-0.4, -0.2) is 18.0 Å². The lowest BCUT2D eigenvalue weighted by Crippen LogP contribution is -2.47. The highest BCUT2D eigenvalue weighted by Crippen LogP contribution is 2.47. The largest absolute Gasteiger partial charge is 0.371 e. The zero-order valence-corrected chi connectivity index (χ0v) is 9.26. The van der Waals surface area contributed by atoms with Crippen molar-refractivity contribution in [3.05, 3.63) is 0 Å². The van der Waals surface area contributed by atoms with Crippen molar-refractivity contribution < 1.29 is 9.84 Å². The van der Waals surface area contributed by atoms with E-state index in [1.807, 2.05) is 0 Å². The molecule has 0 aromatic rings. The molecule has 1 N–H and O–H groups in total. The van der Waals surface area contributed by atoms with Crippen LogP contribution in [0.15, 0.2) is 0 Å². The standard InChI is InChI=1S/C11H22O2/c1-10(2)6-5-7-11(3,4)9(10)13-8-12/h9,12H,5-8H2,1-4H3. The summed E-state index contributed by atoms with van der Waals surface area (Å²) < 4.78 is 5.47. The lowest BCUT2D eigenvalue weighted by Gasteiger charge is -2.48. The minimum Gasteiger partial charge on any atom is -0.371 e. The fourth-order valence-electron chi connectivity index (χ4n) is 2.85. The minimum atomic E-state index is -0.155. The van der Waals surface area contributed by atoms with E-state index in [-0.39, 0.29) is 23.7 Å². The lowest BCUT2D eigenvalue weighted by atomic mass is 9.63. The Bertz CT molecular complexity index is 157. The van der Waals surface area contributed by atoms with Gasteiger partial charge in [-0.3, -0.25) is 0 Å². The average molecular weight is 186 g/mol. The molecular formula is C11H22O2. The Morgan fingerprint density at radius 2 is 1.62 bits per heavy atom. The van der Waals surface area contributed by atoms with Crippen molar-refractivity contribution in [3.63, 3.8) is 0 Å². The van der Waals surface area contributed by atoms with Crippen LogP contribution >= 0.6 is 0 Å². The molecule has 0 aliphatic heterocycles. The molecule has 0 bridgehead atoms. The smallest absolute Gasteiger partial charge is 0.143 e. The summed E-state index contributed by atoms with van der Waals surface area (Å²) in [5.41, 5.74) is 0.398. The molecule has 78 valence electrons. The second kappa shape index (κ2) is 3.58. The Labute approximate surface area is 81.3 Å². The van der Waals surface area contributed by atoms with E-state index in [2.05, 4.69) is 27.7 Å². The second-order valence-electron chi connectivity index (χ2n) is 5.51. The quantitative estimate of drug-likeness (QED) is 0.672. The predicted octanol–water partition coefficient (Wildman–Crippen LogP) is 2.56. The molecule has 13 heavy (non-hydrogen) atoms. The van der Waals surface area contributed by atoms with Gasteiger partial charge in [-0.25, -0.2) is 0 Å². The highest BCUT2D eigenvalue weighted by atomic mass is 16.6. The van der Waals surface area contributed by atoms with Crippen molar-refractivity contribution in [1.29, 1.82) is 0 Å². The number of aliphatic hydroxyl groups excluding tert-OH is 1. The molecular weight excluding hydrogens is 164 g/mol. The van der Waals surface area contributed by atoms with Gasteiger partial charge in [-0.15, -0.1) is 0 Å². The molecule has 2 heteroatoms. The summed E-state index contributed by atoms with van der Waals surface area (Å²) in [5, 5.41) is 8.86. The van der Waals surface area contributed by atoms with Crippen LogP contribution in [0.2, 0.25) is 0 Å². The number of ether oxygens (including phenoxy) is 1. The van der Waals surface area contributed by atoms with Crippen molar-refractivity contribution in [2.75, 3.05) is 6.79 Å². The Morgan fingerprint density at radius 1 is 1.15 bits per heavy atom. The van der Waals surface area contributed by atoms with Gasteiger partial charge in [0.15, 0.2) is 0 Å². The second-order valence-corrected chi connectivity index (χ2v) is 5.51. The van der Waals surface area contributed by atoms with Crippen LogP contribution in [0.25, 0.3) is 0 Å². The van der Waals surface area contributed by atoms with Gasteiger partial charge in [0.05, 0.1) is 6.10 Å². The van der Waals surface area contributed by atoms with Gasteiger partial charge < -0.3 is 9.84 Å². The zero-order valence-electron chi connectivity index (χ0n) is 9.26. The third-order valence-corrected chi connectivity index (χ3v) is 3.30. The van der Waals surface area contributed by atoms with E-state index in [1.165, 1.54) is 19.3 Å². The van der Waals surface area contributed by atoms with E-state index >= 15 is 0 Å². The Morgan fingerprint density at radius 3 is 2.00 bits per heavy atom. The Hall–Kier alpha value is -0.0800. The van der Waals surface area contributed by atoms with E-state index < -0.39 is 0 Å². The van der Waals surface area contributed by atoms with E-state index in [4.69, 9.17) is 9.84 Å². The molecule has 1 aliphatic rings. The third-order valence-electron chi connectivity index (χ3n) is 3.30. The van der Waals surface area contributed by atoms with Gasteiger partial charge in [0.1, 0.15) is 6.79 Å². The molecule has 0 saturated heterocycles. The van der Waals surface area contributed by atoms with Gasteiger partial charge in [0.25, 0.3) is 0 Å². The van der Waals surface area contributed by atoms with Gasteiger partial charge in [-0.2, -0.15) is 0 Å². The van der Waals surface area contributed by atoms with Gasteiger partial charge in [-0.1, -0.05) is 34.1 Å². The molecule has 0 amide bonds. The number of hydrogen-bond acceptors (Lipinski definition) is 2. The van der Waals surface area contributed by atoms with E-state index in [1.54, 1.807) is 0 Å². The topological polar surface area (TPSA) is 29.5 Å². The van der Waals surface area contributed by atoms with Gasteiger partial charge in [-0.05, 0) is 23.7 Å². The number of aliphatic hydroxyl groups is 1. The molecule has 0 radical (unpaired) electrons. The summed E-state index contributed by atoms with van der Waals surface area (Å²) in [6.07, 6.45) is 3.84. The van der Waals surface area contributed by atoms with Crippen molar-refractivity contribution >= 4 is 0 Å².